The van der Waals surface area contributed by atoms with E-state index in [1.807, 2.05) is 0 Å². The van der Waals surface area contributed by atoms with Crippen molar-refractivity contribution in [3.8, 4) is 0 Å². The molecule has 5 aliphatic rings. The lowest BCUT2D eigenvalue weighted by molar-refractivity contribution is 0.899. The number of nitrogens with zero attached hydrogens (tertiary/aromatic N) is 2. The number of nitrogens with one attached hydrogen (secondary N) is 2. The Labute approximate surface area is 203 Å². The highest BCUT2D eigenvalue weighted by molar-refractivity contribution is 6.18. The Kier molecular flexibility index (Phi) is 5.76. The van der Waals surface area contributed by atoms with Crippen LogP contribution in [-0.2, 0) is 0 Å². The predicted octanol–water partition coefficient (Wildman–Crippen LogP) is 6.99. The third-order valence-corrected chi connectivity index (χ3v) is 7.36. The van der Waals surface area contributed by atoms with E-state index in [0.717, 1.165) is 71.3 Å². The molecule has 5 heterocycles. The number of rotatable bonds is 4. The van der Waals surface area contributed by atoms with Gasteiger partial charge in [0.2, 0.25) is 0 Å². The molecule has 174 valence electrons. The summed E-state index contributed by atoms with van der Waals surface area (Å²) in [6.07, 6.45) is 16.6. The van der Waals surface area contributed by atoms with Crippen molar-refractivity contribution in [3.05, 3.63) is 104 Å². The van der Waals surface area contributed by atoms with E-state index in [2.05, 4.69) is 88.6 Å². The molecule has 0 unspecified atom stereocenters. The maximum atomic E-state index is 5.32. The van der Waals surface area contributed by atoms with Crippen molar-refractivity contribution in [3.63, 3.8) is 0 Å². The molecule has 0 aromatic carbocycles. The molecule has 0 saturated heterocycles. The molecule has 2 N–H and O–H groups in total. The maximum absolute atomic E-state index is 5.32. The van der Waals surface area contributed by atoms with Crippen molar-refractivity contribution in [2.24, 2.45) is 9.98 Å². The molecule has 0 spiro atoms. The van der Waals surface area contributed by atoms with Crippen molar-refractivity contribution < 1.29 is 0 Å². The predicted molar refractivity (Wildman–Crippen MR) is 143 cm³/mol. The summed E-state index contributed by atoms with van der Waals surface area (Å²) in [5.74, 6) is 0. The Bertz CT molecular complexity index is 1220. The van der Waals surface area contributed by atoms with Crippen molar-refractivity contribution in [2.75, 3.05) is 0 Å². The first kappa shape index (κ1) is 22.4. The Hall–Kier alpha value is -3.40. The smallest absolute Gasteiger partial charge is 0.0932 e. The fourth-order valence-electron chi connectivity index (χ4n) is 5.55. The molecule has 0 fully saturated rings. The van der Waals surface area contributed by atoms with Gasteiger partial charge in [-0.3, -0.25) is 0 Å². The van der Waals surface area contributed by atoms with Gasteiger partial charge < -0.3 is 10.6 Å². The minimum atomic E-state index is 0.951. The first-order valence-electron chi connectivity index (χ1n) is 12.6. The Morgan fingerprint density at radius 1 is 0.588 bits per heavy atom. The van der Waals surface area contributed by atoms with Gasteiger partial charge in [-0.1, -0.05) is 39.8 Å². The number of hydrogen-bond acceptors (Lipinski definition) is 4. The first-order chi connectivity index (χ1) is 16.5. The summed E-state index contributed by atoms with van der Waals surface area (Å²) in [7, 11) is 0. The van der Waals surface area contributed by atoms with Crippen LogP contribution in [0.3, 0.4) is 0 Å². The third-order valence-electron chi connectivity index (χ3n) is 7.36. The second-order valence-electron chi connectivity index (χ2n) is 9.15. The molecular formula is C30H34N4. The average Bonchev–Trinajstić information content (AvgIpc) is 3.44. The highest BCUT2D eigenvalue weighted by atomic mass is 15.0. The molecular weight excluding hydrogens is 416 g/mol. The third kappa shape index (κ3) is 3.35. The van der Waals surface area contributed by atoms with Crippen LogP contribution < -0.4 is 10.6 Å². The SMILES string of the molecule is CCC1=C(CC)C2=C3N=C(C(C)=C4C=CC=C(N4)C4=CC=CC(=C(C)C1=N2)N4)C(CC)=C3CC. The van der Waals surface area contributed by atoms with Crippen LogP contribution in [0.25, 0.3) is 0 Å². The van der Waals surface area contributed by atoms with Crippen molar-refractivity contribution in [2.45, 2.75) is 67.2 Å². The van der Waals surface area contributed by atoms with Crippen LogP contribution in [0.5, 0.6) is 0 Å². The van der Waals surface area contributed by atoms with Gasteiger partial charge in [-0.2, -0.15) is 0 Å². The van der Waals surface area contributed by atoms with E-state index in [0.29, 0.717) is 0 Å². The van der Waals surface area contributed by atoms with Crippen LogP contribution in [0.2, 0.25) is 0 Å². The van der Waals surface area contributed by atoms with Gasteiger partial charge in [-0.05, 0) is 97.3 Å². The van der Waals surface area contributed by atoms with E-state index in [9.17, 15) is 0 Å². The number of hydrogen-bond donors (Lipinski definition) is 2. The Balaban J connectivity index is 1.87. The second kappa shape index (κ2) is 8.75. The summed E-state index contributed by atoms with van der Waals surface area (Å²) in [4.78, 5) is 10.6. The highest BCUT2D eigenvalue weighted by Crippen LogP contribution is 2.42. The minimum Gasteiger partial charge on any atom is -0.354 e. The van der Waals surface area contributed by atoms with E-state index in [1.165, 1.54) is 33.4 Å². The van der Waals surface area contributed by atoms with Crippen LogP contribution in [0.15, 0.2) is 114 Å². The highest BCUT2D eigenvalue weighted by Gasteiger charge is 2.32. The van der Waals surface area contributed by atoms with Crippen molar-refractivity contribution in [1.29, 1.82) is 0 Å². The number of dihydropyridines is 2. The van der Waals surface area contributed by atoms with Gasteiger partial charge in [0.05, 0.1) is 34.2 Å². The Morgan fingerprint density at radius 2 is 0.971 bits per heavy atom. The van der Waals surface area contributed by atoms with E-state index in [1.54, 1.807) is 0 Å². The monoisotopic (exact) mass is 450 g/mol. The maximum Gasteiger partial charge on any atom is 0.0932 e. The Morgan fingerprint density at radius 3 is 1.32 bits per heavy atom. The van der Waals surface area contributed by atoms with E-state index in [-0.39, 0.29) is 0 Å². The van der Waals surface area contributed by atoms with E-state index in [4.69, 9.17) is 9.98 Å². The normalized spacial score (nSPS) is 21.5. The van der Waals surface area contributed by atoms with Gasteiger partial charge in [0.25, 0.3) is 0 Å². The summed E-state index contributed by atoms with van der Waals surface area (Å²) in [6, 6.07) is 0. The molecule has 5 aliphatic heterocycles. The standard InChI is InChI=1S/C30H34N4/c1-7-19-21(9-3)29-30-22(10-4)20(8-2)28(34-30)18(6)24-14-12-16-26(32-24)25-15-11-13-23(31-25)17(5)27(19)33-29/h11-16,31-32H,7-10H2,1-6H3. The molecule has 0 aliphatic carbocycles. The molecule has 0 aromatic heterocycles. The topological polar surface area (TPSA) is 48.8 Å². The molecule has 4 nitrogen and oxygen atoms in total. The van der Waals surface area contributed by atoms with Crippen molar-refractivity contribution in [1.82, 2.24) is 10.6 Å². The van der Waals surface area contributed by atoms with Gasteiger partial charge in [0, 0.05) is 11.4 Å². The fraction of sp³-hybridized carbons (Fsp3) is 0.333. The minimum absolute atomic E-state index is 0.951. The van der Waals surface area contributed by atoms with Gasteiger partial charge >= 0.3 is 0 Å². The quantitative estimate of drug-likeness (QED) is 0.485. The van der Waals surface area contributed by atoms with Crippen molar-refractivity contribution >= 4 is 11.4 Å². The van der Waals surface area contributed by atoms with Crippen LogP contribution in [0, 0.1) is 0 Å². The molecule has 4 heteroatoms. The molecule has 0 aromatic rings. The average molecular weight is 451 g/mol. The van der Waals surface area contributed by atoms with Crippen LogP contribution >= 0.6 is 0 Å². The summed E-state index contributed by atoms with van der Waals surface area (Å²) >= 11 is 0. The van der Waals surface area contributed by atoms with Crippen LogP contribution in [-0.4, -0.2) is 11.4 Å². The molecule has 0 radical (unpaired) electrons. The second-order valence-corrected chi connectivity index (χ2v) is 9.15. The zero-order valence-corrected chi connectivity index (χ0v) is 21.2. The largest absolute Gasteiger partial charge is 0.354 e. The summed E-state index contributed by atoms with van der Waals surface area (Å²) in [6.45, 7) is 13.3. The molecule has 0 amide bonds. The first-order valence-corrected chi connectivity index (χ1v) is 12.6. The van der Waals surface area contributed by atoms with E-state index < -0.39 is 0 Å². The lowest BCUT2D eigenvalue weighted by Gasteiger charge is -2.24. The summed E-state index contributed by atoms with van der Waals surface area (Å²) in [5.41, 5.74) is 16.4. The van der Waals surface area contributed by atoms with Crippen LogP contribution in [0.1, 0.15) is 67.2 Å². The fourth-order valence-corrected chi connectivity index (χ4v) is 5.55. The molecule has 34 heavy (non-hydrogen) atoms. The van der Waals surface area contributed by atoms with Gasteiger partial charge in [0.1, 0.15) is 0 Å². The zero-order chi connectivity index (χ0) is 24.0. The molecule has 8 bridgehead atoms. The summed E-state index contributed by atoms with van der Waals surface area (Å²) in [5, 5.41) is 7.34. The molecule has 0 saturated carbocycles. The van der Waals surface area contributed by atoms with Gasteiger partial charge in [-0.15, -0.1) is 0 Å². The van der Waals surface area contributed by atoms with Gasteiger partial charge in [-0.25, -0.2) is 9.98 Å². The summed E-state index contributed by atoms with van der Waals surface area (Å²) < 4.78 is 0. The lowest BCUT2D eigenvalue weighted by atomic mass is 9.92. The lowest BCUT2D eigenvalue weighted by Crippen LogP contribution is -2.27. The van der Waals surface area contributed by atoms with Gasteiger partial charge in [0.15, 0.2) is 0 Å². The number of fused-ring (bicyclic) bond motifs is 7. The van der Waals surface area contributed by atoms with E-state index >= 15 is 0 Å². The van der Waals surface area contributed by atoms with Crippen LogP contribution in [0.4, 0.5) is 0 Å². The molecule has 0 atom stereocenters. The zero-order valence-electron chi connectivity index (χ0n) is 21.2. The molecule has 5 rings (SSSR count). The number of aliphatic imine (C=N–C) groups is 2. The number of allylic oxidation sites excluding steroid dienone is 12.